The number of hydrogen-bond donors (Lipinski definition) is 1. The van der Waals surface area contributed by atoms with Gasteiger partial charge in [0.1, 0.15) is 23.7 Å². The number of alkyl carbamates (subject to hydrolysis) is 1. The zero-order chi connectivity index (χ0) is 102. The second kappa shape index (κ2) is 87.0. The topological polar surface area (TPSA) is 360 Å². The third kappa shape index (κ3) is 113. The summed E-state index contributed by atoms with van der Waals surface area (Å²) in [5, 5.41) is 2.36. The number of rotatable bonds is 30. The van der Waals surface area contributed by atoms with Crippen molar-refractivity contribution in [3.8, 4) is 0 Å². The molecule has 0 spiro atoms. The van der Waals surface area contributed by atoms with E-state index in [1.807, 2.05) is 240 Å². The van der Waals surface area contributed by atoms with Crippen LogP contribution in [-0.2, 0) is 99.7 Å². The highest BCUT2D eigenvalue weighted by Crippen LogP contribution is 2.28. The van der Waals surface area contributed by atoms with Gasteiger partial charge in [0, 0.05) is 34.5 Å². The maximum absolute atomic E-state index is 11.3. The molecule has 0 radical (unpaired) electrons. The summed E-state index contributed by atoms with van der Waals surface area (Å²) in [6.07, 6.45) is 3.59. The number of benzene rings is 1. The Morgan fingerprint density at radius 3 is 1.10 bits per heavy atom. The number of allylic oxidation sites excluding steroid dienone is 2. The zero-order valence-electron chi connectivity index (χ0n) is 88.4. The van der Waals surface area contributed by atoms with Crippen LogP contribution in [0, 0.1) is 87.8 Å². The van der Waals surface area contributed by atoms with E-state index in [-0.39, 0.29) is 84.5 Å². The number of nitrogens with one attached hydrogen (secondary N) is 1. The summed E-state index contributed by atoms with van der Waals surface area (Å²) in [5.41, 5.74) is -0.118. The number of nitrogens with zero attached hydrogens (tertiary/aromatic N) is 1. The molecule has 1 N–H and O–H groups in total. The second-order valence-corrected chi connectivity index (χ2v) is 38.1. The molecule has 0 saturated heterocycles. The summed E-state index contributed by atoms with van der Waals surface area (Å²) in [7, 11) is 4.88. The minimum absolute atomic E-state index is 0. The molecular weight excluding hydrogens is 1680 g/mol. The van der Waals surface area contributed by atoms with Crippen LogP contribution in [0.1, 0.15) is 326 Å². The molecule has 1 fully saturated rings. The minimum atomic E-state index is -0.575. The SMILES string of the molecule is C.C=C1OC(C)=C(CC(C)C)O1.CC(=O)OCC(C)C.CC(C)COC(=O)C(C)(C)C.CC(C)COC(=O)C(C)(C)C.CC(C)COC(=O)C(C)C.CC(C)COC(=O)N(C)C.CC(C)COC(=O)OC(C)C.CC(C)COC(=O)OC1CCCCC1.CC(C)COC(=O)c1ccccc1.CCOC(=O)OC(C)C(C)C.CCOC(=O)OCC(C)C.CNC(=O)OCC(C)C. The van der Waals surface area contributed by atoms with Gasteiger partial charge in [-0.05, 0) is 198 Å². The molecule has 1 unspecified atom stereocenters. The summed E-state index contributed by atoms with van der Waals surface area (Å²) in [4.78, 5) is 120. The predicted molar refractivity (Wildman–Crippen MR) is 516 cm³/mol. The van der Waals surface area contributed by atoms with Crippen LogP contribution in [-0.4, -0.2) is 190 Å². The fourth-order valence-corrected chi connectivity index (χ4v) is 7.10. The van der Waals surface area contributed by atoms with Gasteiger partial charge in [-0.25, -0.2) is 33.6 Å². The van der Waals surface area contributed by atoms with Crippen molar-refractivity contribution in [3.63, 3.8) is 0 Å². The first-order valence-corrected chi connectivity index (χ1v) is 45.9. The van der Waals surface area contributed by atoms with Crippen molar-refractivity contribution in [2.75, 3.05) is 100 Å². The predicted octanol–water partition coefficient (Wildman–Crippen LogP) is 25.1. The first-order chi connectivity index (χ1) is 59.3. The van der Waals surface area contributed by atoms with E-state index in [2.05, 4.69) is 44.7 Å². The Morgan fingerprint density at radius 1 is 0.431 bits per heavy atom. The number of carbonyl (C=O) groups excluding carboxylic acids is 11. The third-order valence-electron chi connectivity index (χ3n) is 14.2. The van der Waals surface area contributed by atoms with Gasteiger partial charge >= 0.3 is 66.7 Å². The molecule has 1 heterocycles. The van der Waals surface area contributed by atoms with Gasteiger partial charge in [0.25, 0.3) is 5.95 Å². The quantitative estimate of drug-likeness (QED) is 0.0552. The Labute approximate surface area is 788 Å². The van der Waals surface area contributed by atoms with E-state index in [1.54, 1.807) is 61.0 Å². The van der Waals surface area contributed by atoms with Crippen LogP contribution in [0.15, 0.2) is 54.4 Å². The average molecular weight is 1870 g/mol. The molecule has 1 aromatic rings. The molecule has 1 aliphatic carbocycles. The number of ether oxygens (including phenoxy) is 17. The standard InChI is InChI=1S/C11H20O3.C11H14O2.C9H14O2.2C9H18O2.2C8H16O3.C8H16O2.C7H15NO2.C7H14O3.C6H13NO2.C6H12O2.CH4/c1-9(2)8-13-11(12)14-10-6-4-3-5-7-10;1-9(2)8-13-11(12)10-6-4-3-5-7-10;1-6(2)5-9-7(3)10-8(4)11-9;2*1-7(2)6-11-8(10)9(3,4)5;1-6(2)5-10-8(9)11-7(3)4;1-5-10-8(9)11-7(4)6(2)3;1-6(2)5-10-8(9)7(3)4;1-6(2)5-10-7(9)8(3)4;1-4-9-7(8)10-5-6(2)3;1-5(2)4-9-6(8)7-3;1-5(2)4-8-6(3)7;/h9-10H,3-8H2,1-2H3;3-7,9H,8H2,1-2H3;6H,4-5H2,1-3H3;2*7H,6H2,1-5H3;2*6-7H,5H2,1-4H3;6-7H,5H2,1-4H3;6H,5H2,1-4H3;6H,4-5H2,1-3H3;5H,4H2,1-3H3,(H,7,8);5H,4H2,1-3H3;1H4. The number of amides is 2. The van der Waals surface area contributed by atoms with E-state index >= 15 is 0 Å². The lowest BCUT2D eigenvalue weighted by Gasteiger charge is -2.21. The van der Waals surface area contributed by atoms with Crippen molar-refractivity contribution < 1.29 is 133 Å². The molecule has 0 bridgehead atoms. The maximum atomic E-state index is 11.3. The lowest BCUT2D eigenvalue weighted by atomic mass is 9.97. The van der Waals surface area contributed by atoms with Gasteiger partial charge < -0.3 is 90.7 Å². The monoisotopic (exact) mass is 1870 g/mol. The molecule has 2 aliphatic rings. The molecule has 1 aromatic carbocycles. The van der Waals surface area contributed by atoms with Crippen molar-refractivity contribution in [2.45, 2.75) is 334 Å². The Hall–Kier alpha value is -8.73. The van der Waals surface area contributed by atoms with Gasteiger partial charge in [-0.3, -0.25) is 19.2 Å². The lowest BCUT2D eigenvalue weighted by molar-refractivity contribution is -0.154. The Bertz CT molecular complexity index is 2980. The molecule has 1 saturated carbocycles. The smallest absolute Gasteiger partial charge is 0.466 e. The van der Waals surface area contributed by atoms with Gasteiger partial charge in [-0.2, -0.15) is 0 Å². The minimum Gasteiger partial charge on any atom is -0.466 e. The summed E-state index contributed by atoms with van der Waals surface area (Å²) in [5.74, 6) is 6.31. The van der Waals surface area contributed by atoms with Gasteiger partial charge in [0.15, 0.2) is 0 Å². The molecule has 1 atom stereocenters. The molecule has 3 rings (SSSR count). The number of esters is 5. The zero-order valence-corrected chi connectivity index (χ0v) is 88.4. The van der Waals surface area contributed by atoms with E-state index in [1.165, 1.54) is 31.1 Å². The van der Waals surface area contributed by atoms with Crippen molar-refractivity contribution >= 4 is 66.7 Å². The van der Waals surface area contributed by atoms with Gasteiger partial charge in [0.05, 0.1) is 108 Å². The normalized spacial score (nSPS) is 11.9. The molecule has 2 amide bonds. The number of carbonyl (C=O) groups is 11. The van der Waals surface area contributed by atoms with Crippen LogP contribution in [0.3, 0.4) is 0 Å². The summed E-state index contributed by atoms with van der Waals surface area (Å²) in [6.45, 7) is 84.6. The molecule has 0 aromatic heterocycles. The van der Waals surface area contributed by atoms with E-state index in [0.717, 1.165) is 30.8 Å². The molecule has 30 nitrogen and oxygen atoms in total. The fraction of sp³-hybridized carbons (Fsp3) is 0.790. The first kappa shape index (κ1) is 142. The molecule has 768 valence electrons. The summed E-state index contributed by atoms with van der Waals surface area (Å²) < 4.78 is 83.0. The molecule has 1 aliphatic heterocycles. The van der Waals surface area contributed by atoms with Gasteiger partial charge in [0.2, 0.25) is 0 Å². The van der Waals surface area contributed by atoms with Crippen molar-refractivity contribution in [3.05, 3.63) is 59.9 Å². The largest absolute Gasteiger partial charge is 0.508 e. The van der Waals surface area contributed by atoms with Crippen LogP contribution < -0.4 is 5.32 Å². The highest BCUT2D eigenvalue weighted by Gasteiger charge is 2.25. The highest BCUT2D eigenvalue weighted by molar-refractivity contribution is 5.89. The lowest BCUT2D eigenvalue weighted by Crippen LogP contribution is -2.24. The van der Waals surface area contributed by atoms with Gasteiger partial charge in [-0.1, -0.05) is 212 Å². The highest BCUT2D eigenvalue weighted by atomic mass is 16.7. The maximum Gasteiger partial charge on any atom is 0.508 e. The van der Waals surface area contributed by atoms with Crippen LogP contribution in [0.2, 0.25) is 0 Å². The van der Waals surface area contributed by atoms with E-state index in [0.29, 0.717) is 162 Å². The number of hydrogen-bond acceptors (Lipinski definition) is 28. The first-order valence-electron chi connectivity index (χ1n) is 45.9. The summed E-state index contributed by atoms with van der Waals surface area (Å²) in [6, 6.07) is 9.03. The van der Waals surface area contributed by atoms with Crippen molar-refractivity contribution in [1.29, 1.82) is 0 Å². The summed E-state index contributed by atoms with van der Waals surface area (Å²) >= 11 is 0. The van der Waals surface area contributed by atoms with E-state index < -0.39 is 24.6 Å². The molecule has 130 heavy (non-hydrogen) atoms. The van der Waals surface area contributed by atoms with Crippen molar-refractivity contribution in [1.82, 2.24) is 10.2 Å². The fourth-order valence-electron chi connectivity index (χ4n) is 7.10. The molecule has 30 heteroatoms. The van der Waals surface area contributed by atoms with Crippen LogP contribution in [0.4, 0.5) is 28.8 Å². The average Bonchev–Trinajstić information content (AvgIpc) is 1.75. The molecular formula is C100H190N2O28. The van der Waals surface area contributed by atoms with Crippen LogP contribution >= 0.6 is 0 Å². The van der Waals surface area contributed by atoms with E-state index in [9.17, 15) is 52.7 Å². The Balaban J connectivity index is -0.000000151. The second-order valence-electron chi connectivity index (χ2n) is 38.1. The van der Waals surface area contributed by atoms with Crippen LogP contribution in [0.25, 0.3) is 0 Å². The van der Waals surface area contributed by atoms with Crippen molar-refractivity contribution in [2.24, 2.45) is 87.8 Å². The third-order valence-corrected chi connectivity index (χ3v) is 14.2. The Morgan fingerprint density at radius 2 is 0.777 bits per heavy atom. The van der Waals surface area contributed by atoms with Crippen LogP contribution in [0.5, 0.6) is 0 Å². The van der Waals surface area contributed by atoms with Gasteiger partial charge in [-0.15, -0.1) is 0 Å². The Kier molecular flexibility index (Phi) is 94.8. The van der Waals surface area contributed by atoms with E-state index in [4.69, 9.17) is 61.6 Å².